The Morgan fingerprint density at radius 2 is 2.53 bits per heavy atom. The van der Waals surface area contributed by atoms with E-state index in [0.717, 1.165) is 15.4 Å². The first-order valence-electron chi connectivity index (χ1n) is 5.37. The zero-order valence-corrected chi connectivity index (χ0v) is 10.5. The largest absolute Gasteiger partial charge is 0.389 e. The summed E-state index contributed by atoms with van der Waals surface area (Å²) in [6.45, 7) is 2.23. The molecule has 1 aliphatic rings. The molecule has 15 heavy (non-hydrogen) atoms. The van der Waals surface area contributed by atoms with E-state index < -0.39 is 0 Å². The van der Waals surface area contributed by atoms with Crippen LogP contribution in [0.2, 0.25) is 0 Å². The topological polar surface area (TPSA) is 50.9 Å². The van der Waals surface area contributed by atoms with E-state index in [1.807, 2.05) is 0 Å². The van der Waals surface area contributed by atoms with Crippen LogP contribution in [0.3, 0.4) is 0 Å². The molecule has 2 unspecified atom stereocenters. The highest BCUT2D eigenvalue weighted by Crippen LogP contribution is 2.32. The first-order valence-corrected chi connectivity index (χ1v) is 7.24. The summed E-state index contributed by atoms with van der Waals surface area (Å²) in [6.07, 6.45) is 5.58. The fraction of sp³-hybridized carbons (Fsp3) is 0.700. The fourth-order valence-electron chi connectivity index (χ4n) is 1.99. The molecule has 2 rings (SSSR count). The van der Waals surface area contributed by atoms with E-state index in [2.05, 4.69) is 29.0 Å². The summed E-state index contributed by atoms with van der Waals surface area (Å²) in [5.74, 6) is 1.22. The summed E-state index contributed by atoms with van der Waals surface area (Å²) in [7, 11) is 0. The number of rotatable bonds is 4. The lowest BCUT2D eigenvalue weighted by Crippen LogP contribution is -2.15. The van der Waals surface area contributed by atoms with E-state index >= 15 is 0 Å². The average molecular weight is 243 g/mol. The van der Waals surface area contributed by atoms with Crippen molar-refractivity contribution in [3.05, 3.63) is 6.20 Å². The van der Waals surface area contributed by atoms with Crippen molar-refractivity contribution in [2.45, 2.75) is 37.5 Å². The molecular formula is C10H17N3S2. The molecule has 1 aromatic heterocycles. The van der Waals surface area contributed by atoms with Crippen molar-refractivity contribution in [3.63, 3.8) is 0 Å². The summed E-state index contributed by atoms with van der Waals surface area (Å²) in [6, 6.07) is 0.597. The number of thiazole rings is 1. The molecular weight excluding hydrogens is 226 g/mol. The average Bonchev–Trinajstić information content (AvgIpc) is 2.78. The molecule has 1 heterocycles. The predicted molar refractivity (Wildman–Crippen MR) is 69.7 cm³/mol. The van der Waals surface area contributed by atoms with Crippen molar-refractivity contribution in [3.8, 4) is 0 Å². The number of thioether (sulfide) groups is 1. The Hall–Kier alpha value is -0.420. The number of nitrogens with two attached hydrogens (primary N) is 1. The Bertz CT molecular complexity index is 313. The number of aromatic nitrogens is 1. The van der Waals surface area contributed by atoms with Crippen LogP contribution in [0.5, 0.6) is 0 Å². The first kappa shape index (κ1) is 11.1. The molecule has 3 N–H and O–H groups in total. The van der Waals surface area contributed by atoms with Gasteiger partial charge in [0, 0.05) is 11.3 Å². The highest BCUT2D eigenvalue weighted by Gasteiger charge is 2.24. The van der Waals surface area contributed by atoms with Crippen molar-refractivity contribution < 1.29 is 0 Å². The highest BCUT2D eigenvalue weighted by atomic mass is 32.2. The van der Waals surface area contributed by atoms with Crippen molar-refractivity contribution in [2.75, 3.05) is 16.8 Å². The minimum atomic E-state index is 0.597. The summed E-state index contributed by atoms with van der Waals surface area (Å²) in [4.78, 5) is 4.23. The van der Waals surface area contributed by atoms with Crippen molar-refractivity contribution >= 4 is 33.2 Å². The third-order valence-corrected chi connectivity index (χ3v) is 4.63. The van der Waals surface area contributed by atoms with Gasteiger partial charge < -0.3 is 11.1 Å². The molecule has 1 aliphatic carbocycles. The van der Waals surface area contributed by atoms with Crippen LogP contribution < -0.4 is 11.1 Å². The van der Waals surface area contributed by atoms with Gasteiger partial charge in [-0.25, -0.2) is 4.98 Å². The summed E-state index contributed by atoms with van der Waals surface area (Å²) >= 11 is 3.61. The maximum absolute atomic E-state index is 5.64. The van der Waals surface area contributed by atoms with Crippen LogP contribution in [0.1, 0.15) is 26.2 Å². The van der Waals surface area contributed by atoms with Gasteiger partial charge >= 0.3 is 0 Å². The van der Waals surface area contributed by atoms with E-state index in [1.165, 1.54) is 36.4 Å². The summed E-state index contributed by atoms with van der Waals surface area (Å²) < 4.78 is 0. The fourth-order valence-corrected chi connectivity index (χ4v) is 3.79. The molecule has 1 saturated carbocycles. The second-order valence-electron chi connectivity index (χ2n) is 3.80. The van der Waals surface area contributed by atoms with Crippen LogP contribution in [0, 0.1) is 0 Å². The van der Waals surface area contributed by atoms with E-state index in [0.29, 0.717) is 6.04 Å². The Morgan fingerprint density at radius 1 is 1.67 bits per heavy atom. The van der Waals surface area contributed by atoms with Crippen LogP contribution in [0.15, 0.2) is 6.20 Å². The molecule has 2 atom stereocenters. The third kappa shape index (κ3) is 3.01. The second-order valence-corrected chi connectivity index (χ2v) is 6.44. The van der Waals surface area contributed by atoms with Crippen LogP contribution >= 0.6 is 23.1 Å². The molecule has 3 nitrogen and oxygen atoms in total. The molecule has 0 spiro atoms. The quantitative estimate of drug-likeness (QED) is 0.854. The van der Waals surface area contributed by atoms with Gasteiger partial charge in [0.2, 0.25) is 0 Å². The SMILES string of the molecule is CCSC1CCC(Nc2ncc(N)s2)C1. The molecule has 0 aliphatic heterocycles. The zero-order valence-electron chi connectivity index (χ0n) is 8.90. The van der Waals surface area contributed by atoms with Crippen molar-refractivity contribution in [1.82, 2.24) is 4.98 Å². The molecule has 0 saturated heterocycles. The van der Waals surface area contributed by atoms with Gasteiger partial charge in [-0.15, -0.1) is 0 Å². The van der Waals surface area contributed by atoms with E-state index in [9.17, 15) is 0 Å². The molecule has 0 amide bonds. The highest BCUT2D eigenvalue weighted by molar-refractivity contribution is 7.99. The molecule has 84 valence electrons. The Labute approximate surface area is 98.9 Å². The van der Waals surface area contributed by atoms with E-state index in [1.54, 1.807) is 6.20 Å². The number of nitrogens with zero attached hydrogens (tertiary/aromatic N) is 1. The van der Waals surface area contributed by atoms with Crippen LogP contribution in [-0.2, 0) is 0 Å². The maximum Gasteiger partial charge on any atom is 0.184 e. The van der Waals surface area contributed by atoms with Crippen molar-refractivity contribution in [1.29, 1.82) is 0 Å². The van der Waals surface area contributed by atoms with Crippen LogP contribution in [0.25, 0.3) is 0 Å². The maximum atomic E-state index is 5.64. The van der Waals surface area contributed by atoms with Gasteiger partial charge in [-0.2, -0.15) is 11.8 Å². The lowest BCUT2D eigenvalue weighted by atomic mass is 10.3. The molecule has 0 radical (unpaired) electrons. The molecule has 0 bridgehead atoms. The number of nitrogen functional groups attached to an aromatic ring is 1. The Morgan fingerprint density at radius 3 is 3.20 bits per heavy atom. The van der Waals surface area contributed by atoms with E-state index in [4.69, 9.17) is 5.73 Å². The van der Waals surface area contributed by atoms with Gasteiger partial charge in [0.25, 0.3) is 0 Å². The van der Waals surface area contributed by atoms with Gasteiger partial charge in [0.1, 0.15) is 5.00 Å². The molecule has 1 aromatic rings. The van der Waals surface area contributed by atoms with Crippen LogP contribution in [-0.4, -0.2) is 22.0 Å². The predicted octanol–water partition coefficient (Wildman–Crippen LogP) is 2.81. The lowest BCUT2D eigenvalue weighted by molar-refractivity contribution is 0.756. The second kappa shape index (κ2) is 5.07. The summed E-state index contributed by atoms with van der Waals surface area (Å²) in [5.41, 5.74) is 5.64. The van der Waals surface area contributed by atoms with Crippen molar-refractivity contribution in [2.24, 2.45) is 0 Å². The standard InChI is InChI=1S/C10H17N3S2/c1-2-14-8-4-3-7(5-8)13-10-12-6-9(11)15-10/h6-8H,2-5,11H2,1H3,(H,12,13). The minimum absolute atomic E-state index is 0.597. The monoisotopic (exact) mass is 243 g/mol. The summed E-state index contributed by atoms with van der Waals surface area (Å²) in [5, 5.41) is 6.06. The minimum Gasteiger partial charge on any atom is -0.389 e. The molecule has 5 heteroatoms. The zero-order chi connectivity index (χ0) is 10.7. The number of hydrogen-bond acceptors (Lipinski definition) is 5. The van der Waals surface area contributed by atoms with E-state index in [-0.39, 0.29) is 0 Å². The van der Waals surface area contributed by atoms with Gasteiger partial charge in [0.05, 0.1) is 6.20 Å². The van der Waals surface area contributed by atoms with Gasteiger partial charge in [0.15, 0.2) is 5.13 Å². The third-order valence-electron chi connectivity index (χ3n) is 2.64. The Kier molecular flexibility index (Phi) is 3.75. The number of anilines is 2. The van der Waals surface area contributed by atoms with Gasteiger partial charge in [-0.3, -0.25) is 0 Å². The first-order chi connectivity index (χ1) is 7.28. The number of nitrogens with one attached hydrogen (secondary N) is 1. The van der Waals surface area contributed by atoms with Gasteiger partial charge in [-0.1, -0.05) is 18.3 Å². The smallest absolute Gasteiger partial charge is 0.184 e. The molecule has 1 fully saturated rings. The lowest BCUT2D eigenvalue weighted by Gasteiger charge is -2.11. The Balaban J connectivity index is 1.82. The van der Waals surface area contributed by atoms with Gasteiger partial charge in [-0.05, 0) is 25.0 Å². The molecule has 0 aromatic carbocycles. The number of hydrogen-bond donors (Lipinski definition) is 2. The normalized spacial score (nSPS) is 25.7. The van der Waals surface area contributed by atoms with Crippen LogP contribution in [0.4, 0.5) is 10.1 Å².